The third kappa shape index (κ3) is 4.48. The standard InChI is InChI=1S/C12H13BrClNO2/c1-8(16)15-11-7-9(4-5-10(11)14)12(17)3-2-6-13/h4-5,7H,2-3,6H2,1H3,(H,15,16). The molecule has 0 radical (unpaired) electrons. The number of alkyl halides is 1. The molecule has 1 N–H and O–H groups in total. The van der Waals surface area contributed by atoms with Gasteiger partial charge < -0.3 is 5.32 Å². The van der Waals surface area contributed by atoms with Crippen molar-refractivity contribution >= 4 is 44.9 Å². The number of hydrogen-bond donors (Lipinski definition) is 1. The maximum absolute atomic E-state index is 11.8. The van der Waals surface area contributed by atoms with Crippen molar-refractivity contribution in [3.8, 4) is 0 Å². The molecule has 1 aromatic carbocycles. The molecule has 0 spiro atoms. The fourth-order valence-corrected chi connectivity index (χ4v) is 1.80. The van der Waals surface area contributed by atoms with E-state index in [1.165, 1.54) is 6.92 Å². The molecule has 0 heterocycles. The lowest BCUT2D eigenvalue weighted by Gasteiger charge is -2.07. The molecule has 5 heteroatoms. The Kier molecular flexibility index (Phi) is 5.65. The Hall–Kier alpha value is -0.870. The first-order valence-corrected chi connectivity index (χ1v) is 6.71. The van der Waals surface area contributed by atoms with Gasteiger partial charge >= 0.3 is 0 Å². The highest BCUT2D eigenvalue weighted by Crippen LogP contribution is 2.23. The highest BCUT2D eigenvalue weighted by molar-refractivity contribution is 9.09. The number of carbonyl (C=O) groups excluding carboxylic acids is 2. The quantitative estimate of drug-likeness (QED) is 0.665. The van der Waals surface area contributed by atoms with Crippen molar-refractivity contribution in [1.29, 1.82) is 0 Å². The minimum absolute atomic E-state index is 0.0488. The summed E-state index contributed by atoms with van der Waals surface area (Å²) in [4.78, 5) is 22.7. The number of Topliss-reactive ketones (excluding diaryl/α,β-unsaturated/α-hetero) is 1. The zero-order chi connectivity index (χ0) is 12.8. The average Bonchev–Trinajstić information content (AvgIpc) is 2.28. The Morgan fingerprint density at radius 2 is 2.12 bits per heavy atom. The van der Waals surface area contributed by atoms with Crippen molar-refractivity contribution in [2.45, 2.75) is 19.8 Å². The molecule has 3 nitrogen and oxygen atoms in total. The summed E-state index contributed by atoms with van der Waals surface area (Å²) >= 11 is 9.19. The van der Waals surface area contributed by atoms with E-state index in [2.05, 4.69) is 21.2 Å². The summed E-state index contributed by atoms with van der Waals surface area (Å²) in [6.45, 7) is 1.40. The van der Waals surface area contributed by atoms with Crippen LogP contribution in [0.2, 0.25) is 5.02 Å². The lowest BCUT2D eigenvalue weighted by molar-refractivity contribution is -0.114. The first-order valence-electron chi connectivity index (χ1n) is 5.21. The van der Waals surface area contributed by atoms with Crippen molar-refractivity contribution in [2.24, 2.45) is 0 Å². The molecule has 17 heavy (non-hydrogen) atoms. The molecule has 1 aromatic rings. The summed E-state index contributed by atoms with van der Waals surface area (Å²) in [5, 5.41) is 3.82. The molecule has 1 amide bonds. The van der Waals surface area contributed by atoms with Crippen LogP contribution in [-0.2, 0) is 4.79 Å². The molecule has 0 bridgehead atoms. The van der Waals surface area contributed by atoms with Gasteiger partial charge in [0.05, 0.1) is 10.7 Å². The third-order valence-corrected chi connectivity index (χ3v) is 3.03. The second-order valence-corrected chi connectivity index (χ2v) is 4.79. The van der Waals surface area contributed by atoms with Crippen molar-refractivity contribution in [3.05, 3.63) is 28.8 Å². The zero-order valence-corrected chi connectivity index (χ0v) is 11.8. The number of carbonyl (C=O) groups is 2. The van der Waals surface area contributed by atoms with E-state index >= 15 is 0 Å². The van der Waals surface area contributed by atoms with Crippen LogP contribution in [0, 0.1) is 0 Å². The Morgan fingerprint density at radius 3 is 2.71 bits per heavy atom. The SMILES string of the molecule is CC(=O)Nc1cc(C(=O)CCCBr)ccc1Cl. The number of nitrogens with one attached hydrogen (secondary N) is 1. The predicted molar refractivity (Wildman–Crippen MR) is 73.1 cm³/mol. The summed E-state index contributed by atoms with van der Waals surface area (Å²) in [5.41, 5.74) is 1.04. The van der Waals surface area contributed by atoms with Crippen LogP contribution in [0.25, 0.3) is 0 Å². The van der Waals surface area contributed by atoms with Crippen LogP contribution in [0.15, 0.2) is 18.2 Å². The lowest BCUT2D eigenvalue weighted by atomic mass is 10.1. The van der Waals surface area contributed by atoms with Gasteiger partial charge in [-0.3, -0.25) is 9.59 Å². The predicted octanol–water partition coefficient (Wildman–Crippen LogP) is 3.66. The van der Waals surface area contributed by atoms with Gasteiger partial charge in [-0.05, 0) is 24.6 Å². The number of ketones is 1. The van der Waals surface area contributed by atoms with E-state index in [1.54, 1.807) is 18.2 Å². The monoisotopic (exact) mass is 317 g/mol. The molecule has 0 aliphatic carbocycles. The van der Waals surface area contributed by atoms with E-state index in [0.29, 0.717) is 22.7 Å². The Balaban J connectivity index is 2.87. The molecule has 0 saturated carbocycles. The molecular weight excluding hydrogens is 305 g/mol. The van der Waals surface area contributed by atoms with E-state index in [1.807, 2.05) is 0 Å². The van der Waals surface area contributed by atoms with Crippen molar-refractivity contribution < 1.29 is 9.59 Å². The molecule has 0 saturated heterocycles. The molecule has 0 unspecified atom stereocenters. The molecule has 0 fully saturated rings. The van der Waals surface area contributed by atoms with Crippen molar-refractivity contribution in [3.63, 3.8) is 0 Å². The number of rotatable bonds is 5. The molecule has 0 aliphatic heterocycles. The second kappa shape index (κ2) is 6.77. The zero-order valence-electron chi connectivity index (χ0n) is 9.43. The van der Waals surface area contributed by atoms with E-state index in [0.717, 1.165) is 11.8 Å². The van der Waals surface area contributed by atoms with Crippen LogP contribution < -0.4 is 5.32 Å². The van der Waals surface area contributed by atoms with E-state index in [9.17, 15) is 9.59 Å². The first kappa shape index (κ1) is 14.2. The molecule has 1 rings (SSSR count). The Morgan fingerprint density at radius 1 is 1.41 bits per heavy atom. The number of halogens is 2. The summed E-state index contributed by atoms with van der Waals surface area (Å²) in [6.07, 6.45) is 1.27. The number of benzene rings is 1. The number of anilines is 1. The lowest BCUT2D eigenvalue weighted by Crippen LogP contribution is -2.08. The van der Waals surface area contributed by atoms with Crippen LogP contribution in [0.5, 0.6) is 0 Å². The maximum atomic E-state index is 11.8. The van der Waals surface area contributed by atoms with Crippen LogP contribution in [0.1, 0.15) is 30.1 Å². The van der Waals surface area contributed by atoms with Gasteiger partial charge in [-0.2, -0.15) is 0 Å². The first-order chi connectivity index (χ1) is 8.04. The minimum atomic E-state index is -0.211. The fourth-order valence-electron chi connectivity index (χ4n) is 1.36. The van der Waals surface area contributed by atoms with Gasteiger partial charge in [0.25, 0.3) is 0 Å². The molecule has 92 valence electrons. The van der Waals surface area contributed by atoms with E-state index in [-0.39, 0.29) is 11.7 Å². The topological polar surface area (TPSA) is 46.2 Å². The Bertz CT molecular complexity index is 435. The van der Waals surface area contributed by atoms with Gasteiger partial charge in [0.2, 0.25) is 5.91 Å². The molecular formula is C12H13BrClNO2. The average molecular weight is 319 g/mol. The van der Waals surface area contributed by atoms with E-state index in [4.69, 9.17) is 11.6 Å². The summed E-state index contributed by atoms with van der Waals surface area (Å²) < 4.78 is 0. The van der Waals surface area contributed by atoms with Crippen molar-refractivity contribution in [2.75, 3.05) is 10.6 Å². The van der Waals surface area contributed by atoms with Gasteiger partial charge in [0.15, 0.2) is 5.78 Å². The highest BCUT2D eigenvalue weighted by Gasteiger charge is 2.09. The van der Waals surface area contributed by atoms with Crippen molar-refractivity contribution in [1.82, 2.24) is 0 Å². The largest absolute Gasteiger partial charge is 0.325 e. The third-order valence-electron chi connectivity index (χ3n) is 2.14. The normalized spacial score (nSPS) is 10.1. The second-order valence-electron chi connectivity index (χ2n) is 3.59. The van der Waals surface area contributed by atoms with Crippen LogP contribution in [-0.4, -0.2) is 17.0 Å². The molecule has 0 aliphatic rings. The van der Waals surface area contributed by atoms with Crippen LogP contribution in [0.4, 0.5) is 5.69 Å². The van der Waals surface area contributed by atoms with Gasteiger partial charge in [-0.1, -0.05) is 27.5 Å². The molecule has 0 atom stereocenters. The van der Waals surface area contributed by atoms with Gasteiger partial charge in [-0.25, -0.2) is 0 Å². The smallest absolute Gasteiger partial charge is 0.221 e. The number of hydrogen-bond acceptors (Lipinski definition) is 2. The summed E-state index contributed by atoms with van der Waals surface area (Å²) in [5.74, 6) is -0.162. The van der Waals surface area contributed by atoms with E-state index < -0.39 is 0 Å². The van der Waals surface area contributed by atoms with Crippen LogP contribution >= 0.6 is 27.5 Å². The van der Waals surface area contributed by atoms with Gasteiger partial charge in [0, 0.05) is 24.2 Å². The van der Waals surface area contributed by atoms with Crippen LogP contribution in [0.3, 0.4) is 0 Å². The Labute approximate surface area is 114 Å². The fraction of sp³-hybridized carbons (Fsp3) is 0.333. The number of amides is 1. The highest BCUT2D eigenvalue weighted by atomic mass is 79.9. The summed E-state index contributed by atoms with van der Waals surface area (Å²) in [6, 6.07) is 4.90. The summed E-state index contributed by atoms with van der Waals surface area (Å²) in [7, 11) is 0. The van der Waals surface area contributed by atoms with Gasteiger partial charge in [-0.15, -0.1) is 0 Å². The molecule has 0 aromatic heterocycles. The maximum Gasteiger partial charge on any atom is 0.221 e. The van der Waals surface area contributed by atoms with Gasteiger partial charge in [0.1, 0.15) is 0 Å². The minimum Gasteiger partial charge on any atom is -0.325 e.